The molecule has 8 heteroatoms. The fourth-order valence-corrected chi connectivity index (χ4v) is 2.48. The van der Waals surface area contributed by atoms with Crippen LogP contribution in [0.2, 0.25) is 0 Å². The van der Waals surface area contributed by atoms with Crippen LogP contribution in [-0.4, -0.2) is 34.8 Å². The number of aromatic amines is 1. The maximum absolute atomic E-state index is 11.8. The van der Waals surface area contributed by atoms with E-state index in [4.69, 9.17) is 14.3 Å². The molecule has 1 N–H and O–H groups in total. The molecule has 8 nitrogen and oxygen atoms in total. The van der Waals surface area contributed by atoms with Crippen molar-refractivity contribution in [3.8, 4) is 0 Å². The van der Waals surface area contributed by atoms with E-state index in [-0.39, 0.29) is 6.29 Å². The molecular formula is C14H19N3O5. The average Bonchev–Trinajstić information content (AvgIpc) is 2.98. The number of aryl methyl sites for hydroxylation is 1. The SMILES string of the molecule is Cc1cn(C2CC(COC3CCCCO3)=NO2)c(=O)[nH]c1=O. The molecule has 0 bridgehead atoms. The van der Waals surface area contributed by atoms with Crippen LogP contribution in [0.1, 0.15) is 37.5 Å². The lowest BCUT2D eigenvalue weighted by atomic mass is 10.2. The van der Waals surface area contributed by atoms with Crippen LogP contribution in [0.25, 0.3) is 0 Å². The Morgan fingerprint density at radius 3 is 3.09 bits per heavy atom. The van der Waals surface area contributed by atoms with E-state index < -0.39 is 17.5 Å². The van der Waals surface area contributed by atoms with Gasteiger partial charge in [0.1, 0.15) is 0 Å². The maximum Gasteiger partial charge on any atom is 0.331 e. The van der Waals surface area contributed by atoms with Crippen LogP contribution >= 0.6 is 0 Å². The summed E-state index contributed by atoms with van der Waals surface area (Å²) in [5.74, 6) is 0. The number of nitrogens with one attached hydrogen (secondary N) is 1. The van der Waals surface area contributed by atoms with E-state index >= 15 is 0 Å². The van der Waals surface area contributed by atoms with Gasteiger partial charge in [0.15, 0.2) is 6.29 Å². The third kappa shape index (κ3) is 3.28. The van der Waals surface area contributed by atoms with Crippen LogP contribution in [-0.2, 0) is 14.3 Å². The zero-order valence-corrected chi connectivity index (χ0v) is 12.4. The smallest absolute Gasteiger partial charge is 0.331 e. The highest BCUT2D eigenvalue weighted by atomic mass is 16.7. The summed E-state index contributed by atoms with van der Waals surface area (Å²) < 4.78 is 12.5. The Labute approximate surface area is 126 Å². The molecule has 2 aliphatic heterocycles. The van der Waals surface area contributed by atoms with Gasteiger partial charge < -0.3 is 14.3 Å². The van der Waals surface area contributed by atoms with Crippen molar-refractivity contribution in [1.29, 1.82) is 0 Å². The Balaban J connectivity index is 1.58. The van der Waals surface area contributed by atoms with Crippen LogP contribution in [0, 0.1) is 6.92 Å². The lowest BCUT2D eigenvalue weighted by Crippen LogP contribution is -2.33. The molecule has 2 atom stereocenters. The number of oxime groups is 1. The van der Waals surface area contributed by atoms with Crippen molar-refractivity contribution < 1.29 is 14.3 Å². The molecule has 0 radical (unpaired) electrons. The van der Waals surface area contributed by atoms with Crippen molar-refractivity contribution in [2.24, 2.45) is 5.16 Å². The molecule has 3 rings (SSSR count). The van der Waals surface area contributed by atoms with Crippen molar-refractivity contribution in [2.45, 2.75) is 45.1 Å². The largest absolute Gasteiger partial charge is 0.370 e. The Kier molecular flexibility index (Phi) is 4.39. The van der Waals surface area contributed by atoms with Gasteiger partial charge in [0.2, 0.25) is 6.23 Å². The third-order valence-corrected chi connectivity index (χ3v) is 3.74. The van der Waals surface area contributed by atoms with E-state index in [1.54, 1.807) is 6.92 Å². The first-order valence-electron chi connectivity index (χ1n) is 7.40. The van der Waals surface area contributed by atoms with Crippen molar-refractivity contribution in [3.63, 3.8) is 0 Å². The zero-order chi connectivity index (χ0) is 15.5. The number of H-pyrrole nitrogens is 1. The van der Waals surface area contributed by atoms with Gasteiger partial charge in [0.05, 0.1) is 18.7 Å². The molecule has 0 aromatic carbocycles. The Hall–Kier alpha value is -1.93. The van der Waals surface area contributed by atoms with Gasteiger partial charge in [0, 0.05) is 18.4 Å². The fraction of sp³-hybridized carbons (Fsp3) is 0.643. The molecule has 0 amide bonds. The first-order valence-corrected chi connectivity index (χ1v) is 7.40. The van der Waals surface area contributed by atoms with Crippen LogP contribution in [0.5, 0.6) is 0 Å². The van der Waals surface area contributed by atoms with E-state index in [0.717, 1.165) is 31.6 Å². The van der Waals surface area contributed by atoms with E-state index in [1.807, 2.05) is 0 Å². The van der Waals surface area contributed by atoms with Crippen molar-refractivity contribution in [1.82, 2.24) is 9.55 Å². The van der Waals surface area contributed by atoms with Gasteiger partial charge in [-0.3, -0.25) is 14.3 Å². The molecule has 120 valence electrons. The number of aromatic nitrogens is 2. The molecule has 1 fully saturated rings. The maximum atomic E-state index is 11.8. The standard InChI is InChI=1S/C14H19N3O5/c1-9-7-17(14(19)15-13(9)18)11-6-10(16-22-11)8-21-12-4-2-3-5-20-12/h7,11-12H,2-6,8H2,1H3,(H,15,18,19). The highest BCUT2D eigenvalue weighted by molar-refractivity contribution is 5.86. The molecule has 0 aliphatic carbocycles. The normalized spacial score (nSPS) is 24.9. The van der Waals surface area contributed by atoms with Gasteiger partial charge in [0.25, 0.3) is 5.56 Å². The second kappa shape index (κ2) is 6.45. The Bertz CT molecular complexity index is 672. The lowest BCUT2D eigenvalue weighted by Gasteiger charge is -2.22. The first kappa shape index (κ1) is 15.0. The Morgan fingerprint density at radius 1 is 1.45 bits per heavy atom. The van der Waals surface area contributed by atoms with Crippen LogP contribution < -0.4 is 11.2 Å². The van der Waals surface area contributed by atoms with Crippen LogP contribution in [0.15, 0.2) is 20.9 Å². The molecule has 2 aliphatic rings. The van der Waals surface area contributed by atoms with Gasteiger partial charge in [-0.15, -0.1) is 0 Å². The number of rotatable bonds is 4. The van der Waals surface area contributed by atoms with Gasteiger partial charge >= 0.3 is 5.69 Å². The van der Waals surface area contributed by atoms with Crippen molar-refractivity contribution >= 4 is 5.71 Å². The summed E-state index contributed by atoms with van der Waals surface area (Å²) in [6, 6.07) is 0. The van der Waals surface area contributed by atoms with Gasteiger partial charge in [-0.25, -0.2) is 4.79 Å². The van der Waals surface area contributed by atoms with E-state index in [9.17, 15) is 9.59 Å². The monoisotopic (exact) mass is 309 g/mol. The van der Waals surface area contributed by atoms with Crippen molar-refractivity contribution in [3.05, 3.63) is 32.6 Å². The summed E-state index contributed by atoms with van der Waals surface area (Å²) >= 11 is 0. The van der Waals surface area contributed by atoms with Crippen LogP contribution in [0.3, 0.4) is 0 Å². The predicted molar refractivity (Wildman–Crippen MR) is 77.8 cm³/mol. The fourth-order valence-electron chi connectivity index (χ4n) is 2.48. The molecule has 1 aromatic rings. The highest BCUT2D eigenvalue weighted by Crippen LogP contribution is 2.21. The average molecular weight is 309 g/mol. The molecule has 22 heavy (non-hydrogen) atoms. The Morgan fingerprint density at radius 2 is 2.32 bits per heavy atom. The second-order valence-corrected chi connectivity index (χ2v) is 5.51. The summed E-state index contributed by atoms with van der Waals surface area (Å²) in [7, 11) is 0. The molecule has 0 saturated carbocycles. The summed E-state index contributed by atoms with van der Waals surface area (Å²) in [6.07, 6.45) is 4.24. The molecule has 1 saturated heterocycles. The summed E-state index contributed by atoms with van der Waals surface area (Å²) in [5.41, 5.74) is 0.269. The van der Waals surface area contributed by atoms with Gasteiger partial charge in [-0.05, 0) is 26.2 Å². The summed E-state index contributed by atoms with van der Waals surface area (Å²) in [5, 5.41) is 3.96. The lowest BCUT2D eigenvalue weighted by molar-refractivity contribution is -0.153. The van der Waals surface area contributed by atoms with Crippen LogP contribution in [0.4, 0.5) is 0 Å². The third-order valence-electron chi connectivity index (χ3n) is 3.74. The predicted octanol–water partition coefficient (Wildman–Crippen LogP) is 0.663. The molecular weight excluding hydrogens is 290 g/mol. The summed E-state index contributed by atoms with van der Waals surface area (Å²) in [6.45, 7) is 2.68. The van der Waals surface area contributed by atoms with E-state index in [1.165, 1.54) is 10.8 Å². The molecule has 0 spiro atoms. The number of hydrogen-bond acceptors (Lipinski definition) is 6. The number of nitrogens with zero attached hydrogens (tertiary/aromatic N) is 2. The number of hydrogen-bond donors (Lipinski definition) is 1. The second-order valence-electron chi connectivity index (χ2n) is 5.51. The molecule has 3 heterocycles. The van der Waals surface area contributed by atoms with Crippen molar-refractivity contribution in [2.75, 3.05) is 13.2 Å². The zero-order valence-electron chi connectivity index (χ0n) is 12.4. The topological polar surface area (TPSA) is 94.9 Å². The quantitative estimate of drug-likeness (QED) is 0.881. The van der Waals surface area contributed by atoms with E-state index in [2.05, 4.69) is 10.1 Å². The van der Waals surface area contributed by atoms with Gasteiger partial charge in [-0.2, -0.15) is 0 Å². The minimum Gasteiger partial charge on any atom is -0.370 e. The van der Waals surface area contributed by atoms with E-state index in [0.29, 0.717) is 18.6 Å². The number of ether oxygens (including phenoxy) is 2. The summed E-state index contributed by atoms with van der Waals surface area (Å²) in [4.78, 5) is 30.7. The van der Waals surface area contributed by atoms with Gasteiger partial charge in [-0.1, -0.05) is 5.16 Å². The minimum absolute atomic E-state index is 0.187. The highest BCUT2D eigenvalue weighted by Gasteiger charge is 2.25. The first-order chi connectivity index (χ1) is 10.6. The molecule has 1 aromatic heterocycles. The minimum atomic E-state index is -0.547. The molecule has 2 unspecified atom stereocenters.